The molecule has 94 valence electrons. The van der Waals surface area contributed by atoms with Crippen molar-refractivity contribution in [3.8, 4) is 0 Å². The number of anilines is 1. The van der Waals surface area contributed by atoms with Gasteiger partial charge in [-0.25, -0.2) is 4.39 Å². The highest BCUT2D eigenvalue weighted by Gasteiger charge is 2.28. The SMILES string of the molecule is NCC1(O)CCCN(c2cccc(F)c2)CC1. The number of hydrogen-bond acceptors (Lipinski definition) is 3. The summed E-state index contributed by atoms with van der Waals surface area (Å²) in [5.74, 6) is -0.221. The molecule has 17 heavy (non-hydrogen) atoms. The van der Waals surface area contributed by atoms with Crippen LogP contribution in [0, 0.1) is 5.82 Å². The van der Waals surface area contributed by atoms with Crippen LogP contribution in [-0.2, 0) is 0 Å². The molecule has 0 amide bonds. The molecule has 1 fully saturated rings. The Balaban J connectivity index is 2.09. The molecular formula is C13H19FN2O. The zero-order chi connectivity index (χ0) is 12.3. The molecule has 0 radical (unpaired) electrons. The molecule has 3 N–H and O–H groups in total. The standard InChI is InChI=1S/C13H19FN2O/c14-11-3-1-4-12(9-11)16-7-2-5-13(17,10-15)6-8-16/h1,3-4,9,17H,2,5-8,10,15H2. The van der Waals surface area contributed by atoms with Crippen molar-refractivity contribution < 1.29 is 9.50 Å². The van der Waals surface area contributed by atoms with Gasteiger partial charge in [-0.15, -0.1) is 0 Å². The molecular weight excluding hydrogens is 219 g/mol. The van der Waals surface area contributed by atoms with Gasteiger partial charge in [0.05, 0.1) is 5.60 Å². The molecule has 1 unspecified atom stereocenters. The second-order valence-electron chi connectivity index (χ2n) is 4.75. The van der Waals surface area contributed by atoms with Gasteiger partial charge in [0.2, 0.25) is 0 Å². The molecule has 1 saturated heterocycles. The summed E-state index contributed by atoms with van der Waals surface area (Å²) in [4.78, 5) is 2.11. The van der Waals surface area contributed by atoms with Gasteiger partial charge < -0.3 is 15.7 Å². The van der Waals surface area contributed by atoms with Crippen LogP contribution in [0.15, 0.2) is 24.3 Å². The summed E-state index contributed by atoms with van der Waals surface area (Å²) in [6, 6.07) is 6.59. The van der Waals surface area contributed by atoms with Crippen LogP contribution < -0.4 is 10.6 Å². The van der Waals surface area contributed by atoms with Crippen LogP contribution >= 0.6 is 0 Å². The summed E-state index contributed by atoms with van der Waals surface area (Å²) in [7, 11) is 0. The highest BCUT2D eigenvalue weighted by Crippen LogP contribution is 2.25. The van der Waals surface area contributed by atoms with Crippen molar-refractivity contribution in [2.24, 2.45) is 5.73 Å². The highest BCUT2D eigenvalue weighted by atomic mass is 19.1. The maximum Gasteiger partial charge on any atom is 0.125 e. The Hall–Kier alpha value is -1.13. The second-order valence-corrected chi connectivity index (χ2v) is 4.75. The van der Waals surface area contributed by atoms with E-state index < -0.39 is 5.60 Å². The minimum absolute atomic E-state index is 0.221. The molecule has 0 spiro atoms. The first kappa shape index (κ1) is 12.3. The normalized spacial score (nSPS) is 25.7. The lowest BCUT2D eigenvalue weighted by atomic mass is 9.95. The van der Waals surface area contributed by atoms with E-state index in [4.69, 9.17) is 5.73 Å². The zero-order valence-electron chi connectivity index (χ0n) is 9.90. The van der Waals surface area contributed by atoms with Crippen molar-refractivity contribution >= 4 is 5.69 Å². The topological polar surface area (TPSA) is 49.5 Å². The van der Waals surface area contributed by atoms with Gasteiger partial charge in [0.1, 0.15) is 5.82 Å². The quantitative estimate of drug-likeness (QED) is 0.821. The van der Waals surface area contributed by atoms with Crippen LogP contribution in [-0.4, -0.2) is 30.3 Å². The Kier molecular flexibility index (Phi) is 3.64. The average Bonchev–Trinajstić information content (AvgIpc) is 2.52. The Labute approximate surface area is 101 Å². The van der Waals surface area contributed by atoms with Gasteiger partial charge in [-0.05, 0) is 37.5 Å². The summed E-state index contributed by atoms with van der Waals surface area (Å²) in [6.45, 7) is 1.85. The lowest BCUT2D eigenvalue weighted by Gasteiger charge is -2.26. The number of nitrogens with zero attached hydrogens (tertiary/aromatic N) is 1. The highest BCUT2D eigenvalue weighted by molar-refractivity contribution is 5.46. The zero-order valence-corrected chi connectivity index (χ0v) is 9.90. The van der Waals surface area contributed by atoms with Gasteiger partial charge in [0, 0.05) is 25.3 Å². The second kappa shape index (κ2) is 5.02. The minimum atomic E-state index is -0.748. The van der Waals surface area contributed by atoms with Crippen LogP contribution in [0.2, 0.25) is 0 Å². The van der Waals surface area contributed by atoms with Crippen LogP contribution in [0.5, 0.6) is 0 Å². The van der Waals surface area contributed by atoms with E-state index in [1.54, 1.807) is 6.07 Å². The number of aliphatic hydroxyl groups is 1. The fourth-order valence-electron chi connectivity index (χ4n) is 2.31. The van der Waals surface area contributed by atoms with Crippen LogP contribution in [0.3, 0.4) is 0 Å². The Morgan fingerprint density at radius 2 is 2.18 bits per heavy atom. The summed E-state index contributed by atoms with van der Waals surface area (Å²) in [5.41, 5.74) is 5.72. The first-order chi connectivity index (χ1) is 8.13. The molecule has 4 heteroatoms. The van der Waals surface area contributed by atoms with Gasteiger partial charge in [0.15, 0.2) is 0 Å². The predicted molar refractivity (Wildman–Crippen MR) is 66.5 cm³/mol. The summed E-state index contributed by atoms with van der Waals surface area (Å²) < 4.78 is 13.1. The van der Waals surface area contributed by atoms with Gasteiger partial charge in [-0.1, -0.05) is 6.07 Å². The van der Waals surface area contributed by atoms with Crippen LogP contribution in [0.4, 0.5) is 10.1 Å². The number of halogens is 1. The van der Waals surface area contributed by atoms with E-state index >= 15 is 0 Å². The van der Waals surface area contributed by atoms with E-state index in [0.717, 1.165) is 31.6 Å². The van der Waals surface area contributed by atoms with E-state index in [9.17, 15) is 9.50 Å². The maximum absolute atomic E-state index is 13.1. The third-order valence-corrected chi connectivity index (χ3v) is 3.47. The molecule has 1 aromatic carbocycles. The van der Waals surface area contributed by atoms with Crippen molar-refractivity contribution in [3.63, 3.8) is 0 Å². The van der Waals surface area contributed by atoms with E-state index in [2.05, 4.69) is 4.90 Å². The first-order valence-electron chi connectivity index (χ1n) is 6.06. The van der Waals surface area contributed by atoms with Gasteiger partial charge >= 0.3 is 0 Å². The van der Waals surface area contributed by atoms with E-state index in [0.29, 0.717) is 13.0 Å². The van der Waals surface area contributed by atoms with E-state index in [-0.39, 0.29) is 5.82 Å². The van der Waals surface area contributed by atoms with Crippen molar-refractivity contribution in [3.05, 3.63) is 30.1 Å². The molecule has 1 aliphatic rings. The van der Waals surface area contributed by atoms with Crippen molar-refractivity contribution in [1.29, 1.82) is 0 Å². The van der Waals surface area contributed by atoms with Crippen molar-refractivity contribution in [2.75, 3.05) is 24.5 Å². The summed E-state index contributed by atoms with van der Waals surface area (Å²) in [5, 5.41) is 10.2. The van der Waals surface area contributed by atoms with Crippen LogP contribution in [0.25, 0.3) is 0 Å². The summed E-state index contributed by atoms with van der Waals surface area (Å²) >= 11 is 0. The molecule has 1 aliphatic heterocycles. The third kappa shape index (κ3) is 2.96. The number of nitrogens with two attached hydrogens (primary N) is 1. The molecule has 0 aromatic heterocycles. The first-order valence-corrected chi connectivity index (χ1v) is 6.06. The minimum Gasteiger partial charge on any atom is -0.389 e. The smallest absolute Gasteiger partial charge is 0.125 e. The number of benzene rings is 1. The van der Waals surface area contributed by atoms with Crippen molar-refractivity contribution in [1.82, 2.24) is 0 Å². The Morgan fingerprint density at radius 1 is 1.35 bits per heavy atom. The van der Waals surface area contributed by atoms with Gasteiger partial charge in [-0.3, -0.25) is 0 Å². The Bertz CT molecular complexity index is 385. The average molecular weight is 238 g/mol. The van der Waals surface area contributed by atoms with Crippen LogP contribution in [0.1, 0.15) is 19.3 Å². The largest absolute Gasteiger partial charge is 0.389 e. The molecule has 1 atom stereocenters. The number of hydrogen-bond donors (Lipinski definition) is 2. The summed E-state index contributed by atoms with van der Waals surface area (Å²) in [6.07, 6.45) is 2.24. The molecule has 0 saturated carbocycles. The van der Waals surface area contributed by atoms with Crippen molar-refractivity contribution in [2.45, 2.75) is 24.9 Å². The van der Waals surface area contributed by atoms with Gasteiger partial charge in [-0.2, -0.15) is 0 Å². The molecule has 2 rings (SSSR count). The van der Waals surface area contributed by atoms with Gasteiger partial charge in [0.25, 0.3) is 0 Å². The number of rotatable bonds is 2. The lowest BCUT2D eigenvalue weighted by Crippen LogP contribution is -2.38. The fraction of sp³-hybridized carbons (Fsp3) is 0.538. The molecule has 1 aromatic rings. The van der Waals surface area contributed by atoms with E-state index in [1.807, 2.05) is 6.07 Å². The lowest BCUT2D eigenvalue weighted by molar-refractivity contribution is 0.0375. The molecule has 0 bridgehead atoms. The fourth-order valence-corrected chi connectivity index (χ4v) is 2.31. The monoisotopic (exact) mass is 238 g/mol. The van der Waals surface area contributed by atoms with E-state index in [1.165, 1.54) is 12.1 Å². The third-order valence-electron chi connectivity index (χ3n) is 3.47. The maximum atomic E-state index is 13.1. The molecule has 1 heterocycles. The molecule has 3 nitrogen and oxygen atoms in total. The Morgan fingerprint density at radius 3 is 2.88 bits per heavy atom. The predicted octanol–water partition coefficient (Wildman–Crippen LogP) is 1.51. The molecule has 0 aliphatic carbocycles.